The first-order chi connectivity index (χ1) is 10.2. The Balaban J connectivity index is 2.39. The lowest BCUT2D eigenvalue weighted by Crippen LogP contribution is -2.39. The van der Waals surface area contributed by atoms with Gasteiger partial charge in [0, 0.05) is 21.2 Å². The SMILES string of the molecule is CC(=O)c1ccc2c(c1)C(F)(F)C(F)(F)c1cc(Br)ccc1-2. The van der Waals surface area contributed by atoms with Crippen molar-refractivity contribution in [2.24, 2.45) is 0 Å². The minimum Gasteiger partial charge on any atom is -0.295 e. The lowest BCUT2D eigenvalue weighted by molar-refractivity contribution is -0.225. The van der Waals surface area contributed by atoms with Crippen LogP contribution in [0.1, 0.15) is 28.4 Å². The number of carbonyl (C=O) groups excluding carboxylic acids is 1. The summed E-state index contributed by atoms with van der Waals surface area (Å²) >= 11 is 3.03. The molecule has 0 heterocycles. The summed E-state index contributed by atoms with van der Waals surface area (Å²) in [6.07, 6.45) is 0. The van der Waals surface area contributed by atoms with Gasteiger partial charge in [-0.1, -0.05) is 34.1 Å². The number of hydrogen-bond donors (Lipinski definition) is 0. The van der Waals surface area contributed by atoms with E-state index in [9.17, 15) is 22.4 Å². The van der Waals surface area contributed by atoms with Crippen LogP contribution in [0.4, 0.5) is 17.6 Å². The molecule has 2 aromatic rings. The van der Waals surface area contributed by atoms with Gasteiger partial charge in [0.2, 0.25) is 0 Å². The van der Waals surface area contributed by atoms with E-state index in [1.165, 1.54) is 31.2 Å². The van der Waals surface area contributed by atoms with E-state index in [1.807, 2.05) is 0 Å². The van der Waals surface area contributed by atoms with Gasteiger partial charge in [0.1, 0.15) is 0 Å². The van der Waals surface area contributed by atoms with Gasteiger partial charge < -0.3 is 0 Å². The van der Waals surface area contributed by atoms with Crippen LogP contribution in [0.25, 0.3) is 11.1 Å². The summed E-state index contributed by atoms with van der Waals surface area (Å²) in [5.41, 5.74) is -1.50. The highest BCUT2D eigenvalue weighted by Crippen LogP contribution is 2.58. The molecule has 6 heteroatoms. The Morgan fingerprint density at radius 3 is 1.95 bits per heavy atom. The minimum absolute atomic E-state index is 0.0171. The molecule has 0 spiro atoms. The molecule has 0 amide bonds. The lowest BCUT2D eigenvalue weighted by Gasteiger charge is -2.35. The molecule has 0 bridgehead atoms. The molecule has 0 aliphatic heterocycles. The lowest BCUT2D eigenvalue weighted by atomic mass is 9.79. The molecule has 1 aliphatic carbocycles. The fourth-order valence-corrected chi connectivity index (χ4v) is 2.97. The maximum Gasteiger partial charge on any atom is 0.340 e. The first-order valence-electron chi connectivity index (χ1n) is 6.38. The van der Waals surface area contributed by atoms with Gasteiger partial charge in [0.05, 0.1) is 0 Å². The smallest absolute Gasteiger partial charge is 0.295 e. The second-order valence-electron chi connectivity index (χ2n) is 5.16. The van der Waals surface area contributed by atoms with Crippen LogP contribution in [-0.2, 0) is 11.8 Å². The van der Waals surface area contributed by atoms with Crippen LogP contribution >= 0.6 is 15.9 Å². The second-order valence-corrected chi connectivity index (χ2v) is 6.07. The monoisotopic (exact) mass is 372 g/mol. The van der Waals surface area contributed by atoms with Crippen molar-refractivity contribution in [3.05, 3.63) is 57.6 Å². The van der Waals surface area contributed by atoms with E-state index in [0.29, 0.717) is 4.47 Å². The van der Waals surface area contributed by atoms with Crippen molar-refractivity contribution in [1.29, 1.82) is 0 Å². The fourth-order valence-electron chi connectivity index (χ4n) is 2.61. The molecule has 0 aromatic heterocycles. The molecule has 0 fully saturated rings. The van der Waals surface area contributed by atoms with Gasteiger partial charge in [0.15, 0.2) is 5.78 Å². The molecule has 1 aliphatic rings. The Bertz CT molecular complexity index is 799. The molecule has 0 saturated carbocycles. The number of benzene rings is 2. The Labute approximate surface area is 132 Å². The van der Waals surface area contributed by atoms with Crippen molar-refractivity contribution >= 4 is 21.7 Å². The molecule has 0 N–H and O–H groups in total. The number of hydrogen-bond acceptors (Lipinski definition) is 1. The van der Waals surface area contributed by atoms with Crippen molar-refractivity contribution in [2.45, 2.75) is 18.8 Å². The molecule has 3 rings (SSSR count). The zero-order valence-electron chi connectivity index (χ0n) is 11.3. The van der Waals surface area contributed by atoms with E-state index < -0.39 is 28.8 Å². The second kappa shape index (κ2) is 4.65. The van der Waals surface area contributed by atoms with Gasteiger partial charge in [-0.05, 0) is 36.2 Å². The van der Waals surface area contributed by atoms with Crippen LogP contribution in [0.5, 0.6) is 0 Å². The van der Waals surface area contributed by atoms with E-state index >= 15 is 0 Å². The topological polar surface area (TPSA) is 17.1 Å². The number of Topliss-reactive ketones (excluding diaryl/α,β-unsaturated/α-hetero) is 1. The van der Waals surface area contributed by atoms with E-state index in [4.69, 9.17) is 0 Å². The van der Waals surface area contributed by atoms with Crippen molar-refractivity contribution in [1.82, 2.24) is 0 Å². The fraction of sp³-hybridized carbons (Fsp3) is 0.188. The van der Waals surface area contributed by atoms with Crippen molar-refractivity contribution in [2.75, 3.05) is 0 Å². The summed E-state index contributed by atoms with van der Waals surface area (Å²) in [6.45, 7) is 1.20. The van der Waals surface area contributed by atoms with E-state index in [-0.39, 0.29) is 16.7 Å². The van der Waals surface area contributed by atoms with E-state index in [1.54, 1.807) is 0 Å². The molecular formula is C16H9BrF4O. The number of fused-ring (bicyclic) bond motifs is 3. The third-order valence-corrected chi connectivity index (χ3v) is 4.26. The first-order valence-corrected chi connectivity index (χ1v) is 7.17. The van der Waals surface area contributed by atoms with Crippen LogP contribution in [0, 0.1) is 0 Å². The molecule has 0 unspecified atom stereocenters. The molecular weight excluding hydrogens is 364 g/mol. The molecule has 0 saturated heterocycles. The van der Waals surface area contributed by atoms with Gasteiger partial charge in [-0.25, -0.2) is 0 Å². The summed E-state index contributed by atoms with van der Waals surface area (Å²) in [5.74, 6) is -9.20. The Kier molecular flexibility index (Phi) is 3.22. The van der Waals surface area contributed by atoms with Crippen LogP contribution < -0.4 is 0 Å². The van der Waals surface area contributed by atoms with Crippen LogP contribution in [0.3, 0.4) is 0 Å². The molecule has 0 radical (unpaired) electrons. The van der Waals surface area contributed by atoms with Crippen molar-refractivity contribution in [3.8, 4) is 11.1 Å². The Hall–Kier alpha value is -1.69. The summed E-state index contributed by atoms with van der Waals surface area (Å²) in [5, 5.41) is 0. The maximum absolute atomic E-state index is 14.4. The third kappa shape index (κ3) is 1.93. The number of alkyl halides is 4. The zero-order valence-corrected chi connectivity index (χ0v) is 12.8. The van der Waals surface area contributed by atoms with Gasteiger partial charge in [-0.2, -0.15) is 17.6 Å². The van der Waals surface area contributed by atoms with Gasteiger partial charge in [-0.3, -0.25) is 4.79 Å². The Morgan fingerprint density at radius 2 is 1.41 bits per heavy atom. The number of halogens is 5. The number of ketones is 1. The molecule has 2 aromatic carbocycles. The summed E-state index contributed by atoms with van der Waals surface area (Å²) in [7, 11) is 0. The van der Waals surface area contributed by atoms with Crippen LogP contribution in [0.15, 0.2) is 40.9 Å². The summed E-state index contributed by atoms with van der Waals surface area (Å²) < 4.78 is 57.6. The summed E-state index contributed by atoms with van der Waals surface area (Å²) in [4.78, 5) is 11.4. The van der Waals surface area contributed by atoms with E-state index in [0.717, 1.165) is 12.1 Å². The Morgan fingerprint density at radius 1 is 0.909 bits per heavy atom. The van der Waals surface area contributed by atoms with Gasteiger partial charge in [-0.15, -0.1) is 0 Å². The van der Waals surface area contributed by atoms with Crippen LogP contribution in [-0.4, -0.2) is 5.78 Å². The first kappa shape index (κ1) is 15.2. The van der Waals surface area contributed by atoms with E-state index in [2.05, 4.69) is 15.9 Å². The average Bonchev–Trinajstić information content (AvgIpc) is 2.45. The van der Waals surface area contributed by atoms with Gasteiger partial charge in [0.25, 0.3) is 0 Å². The molecule has 114 valence electrons. The quantitative estimate of drug-likeness (QED) is 0.476. The standard InChI is InChI=1S/C16H9BrF4O/c1-8(22)9-2-4-11-12-5-3-10(17)7-14(12)16(20,21)15(18,19)13(11)6-9/h2-7H,1H3. The highest BCUT2D eigenvalue weighted by atomic mass is 79.9. The highest BCUT2D eigenvalue weighted by Gasteiger charge is 2.62. The normalized spacial score (nSPS) is 17.5. The van der Waals surface area contributed by atoms with Gasteiger partial charge >= 0.3 is 11.8 Å². The molecule has 1 nitrogen and oxygen atoms in total. The third-order valence-electron chi connectivity index (χ3n) is 3.77. The average molecular weight is 373 g/mol. The zero-order chi connectivity index (χ0) is 16.3. The largest absolute Gasteiger partial charge is 0.340 e. The van der Waals surface area contributed by atoms with Crippen molar-refractivity contribution in [3.63, 3.8) is 0 Å². The summed E-state index contributed by atoms with van der Waals surface area (Å²) in [6, 6.07) is 7.41. The van der Waals surface area contributed by atoms with Crippen LogP contribution in [0.2, 0.25) is 0 Å². The maximum atomic E-state index is 14.4. The minimum atomic E-state index is -4.39. The predicted molar refractivity (Wildman–Crippen MR) is 77.4 cm³/mol. The predicted octanol–water partition coefficient (Wildman–Crippen LogP) is 5.52. The highest BCUT2D eigenvalue weighted by molar-refractivity contribution is 9.10. The molecule has 22 heavy (non-hydrogen) atoms. The number of carbonyl (C=O) groups is 1. The number of rotatable bonds is 1. The molecule has 0 atom stereocenters. The van der Waals surface area contributed by atoms with Crippen molar-refractivity contribution < 1.29 is 22.4 Å².